The molecule has 1 aromatic rings. The third kappa shape index (κ3) is 4.20. The Bertz CT molecular complexity index is 478. The third-order valence-corrected chi connectivity index (χ3v) is 3.38. The van der Waals surface area contributed by atoms with E-state index >= 15 is 0 Å². The molecule has 0 bridgehead atoms. The molecule has 1 unspecified atom stereocenters. The van der Waals surface area contributed by atoms with E-state index in [4.69, 9.17) is 5.73 Å². The SMILES string of the molecule is C=CCC(N)C(=O)Nc1ccc(C(C)C)cc1C(C)C. The van der Waals surface area contributed by atoms with Gasteiger partial charge in [-0.1, -0.05) is 45.9 Å². The molecule has 3 nitrogen and oxygen atoms in total. The van der Waals surface area contributed by atoms with Crippen LogP contribution in [0.5, 0.6) is 0 Å². The first kappa shape index (κ1) is 16.4. The van der Waals surface area contributed by atoms with Crippen molar-refractivity contribution in [2.75, 3.05) is 5.32 Å². The second-order valence-corrected chi connectivity index (χ2v) is 5.78. The maximum absolute atomic E-state index is 12.0. The molecule has 0 aliphatic rings. The van der Waals surface area contributed by atoms with Gasteiger partial charge in [0, 0.05) is 5.69 Å². The number of carbonyl (C=O) groups excluding carboxylic acids is 1. The lowest BCUT2D eigenvalue weighted by atomic mass is 9.94. The van der Waals surface area contributed by atoms with Crippen molar-refractivity contribution in [1.82, 2.24) is 0 Å². The standard InChI is InChI=1S/C17H26N2O/c1-6-7-15(18)17(20)19-16-9-8-13(11(2)3)10-14(16)12(4)5/h6,8-12,15H,1,7,18H2,2-5H3,(H,19,20). The fourth-order valence-corrected chi connectivity index (χ4v) is 2.04. The first-order valence-electron chi connectivity index (χ1n) is 7.18. The molecule has 20 heavy (non-hydrogen) atoms. The molecule has 0 saturated heterocycles. The van der Waals surface area contributed by atoms with Crippen molar-refractivity contribution in [1.29, 1.82) is 0 Å². The molecule has 0 saturated carbocycles. The second-order valence-electron chi connectivity index (χ2n) is 5.78. The van der Waals surface area contributed by atoms with Crippen LogP contribution in [0.3, 0.4) is 0 Å². The van der Waals surface area contributed by atoms with Crippen LogP contribution in [0.25, 0.3) is 0 Å². The summed E-state index contributed by atoms with van der Waals surface area (Å²) in [6, 6.07) is 5.66. The van der Waals surface area contributed by atoms with E-state index in [9.17, 15) is 4.79 Å². The Hall–Kier alpha value is -1.61. The molecular formula is C17H26N2O. The van der Waals surface area contributed by atoms with Crippen LogP contribution in [0.4, 0.5) is 5.69 Å². The van der Waals surface area contributed by atoms with Gasteiger partial charge >= 0.3 is 0 Å². The van der Waals surface area contributed by atoms with Crippen molar-refractivity contribution < 1.29 is 4.79 Å². The number of rotatable bonds is 6. The summed E-state index contributed by atoms with van der Waals surface area (Å²) in [6.45, 7) is 12.2. The molecule has 0 aromatic heterocycles. The quantitative estimate of drug-likeness (QED) is 0.776. The highest BCUT2D eigenvalue weighted by Gasteiger charge is 2.15. The van der Waals surface area contributed by atoms with Crippen LogP contribution in [0.15, 0.2) is 30.9 Å². The number of nitrogens with two attached hydrogens (primary N) is 1. The van der Waals surface area contributed by atoms with E-state index in [1.165, 1.54) is 5.56 Å². The Morgan fingerprint density at radius 2 is 1.95 bits per heavy atom. The van der Waals surface area contributed by atoms with E-state index in [0.29, 0.717) is 18.3 Å². The number of benzene rings is 1. The zero-order chi connectivity index (χ0) is 15.3. The molecule has 110 valence electrons. The highest BCUT2D eigenvalue weighted by Crippen LogP contribution is 2.28. The van der Waals surface area contributed by atoms with Crippen molar-refractivity contribution >= 4 is 11.6 Å². The van der Waals surface area contributed by atoms with Crippen LogP contribution in [-0.4, -0.2) is 11.9 Å². The molecule has 0 aliphatic carbocycles. The Morgan fingerprint density at radius 1 is 1.30 bits per heavy atom. The summed E-state index contributed by atoms with van der Waals surface area (Å²) in [6.07, 6.45) is 2.14. The third-order valence-electron chi connectivity index (χ3n) is 3.38. The number of amides is 1. The lowest BCUT2D eigenvalue weighted by Gasteiger charge is -2.18. The number of hydrogen-bond donors (Lipinski definition) is 2. The van der Waals surface area contributed by atoms with E-state index in [0.717, 1.165) is 11.3 Å². The first-order valence-corrected chi connectivity index (χ1v) is 7.18. The summed E-state index contributed by atoms with van der Waals surface area (Å²) >= 11 is 0. The zero-order valence-corrected chi connectivity index (χ0v) is 12.9. The summed E-state index contributed by atoms with van der Waals surface area (Å²) < 4.78 is 0. The smallest absolute Gasteiger partial charge is 0.241 e. The average molecular weight is 274 g/mol. The van der Waals surface area contributed by atoms with Crippen LogP contribution in [-0.2, 0) is 4.79 Å². The van der Waals surface area contributed by atoms with E-state index in [2.05, 4.69) is 51.7 Å². The zero-order valence-electron chi connectivity index (χ0n) is 12.9. The van der Waals surface area contributed by atoms with E-state index in [-0.39, 0.29) is 5.91 Å². The highest BCUT2D eigenvalue weighted by atomic mass is 16.2. The van der Waals surface area contributed by atoms with Gasteiger partial charge in [0.25, 0.3) is 0 Å². The van der Waals surface area contributed by atoms with Crippen molar-refractivity contribution in [3.63, 3.8) is 0 Å². The monoisotopic (exact) mass is 274 g/mol. The molecular weight excluding hydrogens is 248 g/mol. The fourth-order valence-electron chi connectivity index (χ4n) is 2.04. The Labute approximate surface area is 122 Å². The van der Waals surface area contributed by atoms with Gasteiger partial charge in [-0.2, -0.15) is 0 Å². The lowest BCUT2D eigenvalue weighted by molar-refractivity contribution is -0.117. The maximum atomic E-state index is 12.0. The topological polar surface area (TPSA) is 55.1 Å². The van der Waals surface area contributed by atoms with Crippen molar-refractivity contribution in [3.8, 4) is 0 Å². The number of carbonyl (C=O) groups is 1. The van der Waals surface area contributed by atoms with Crippen LogP contribution < -0.4 is 11.1 Å². The molecule has 1 aromatic carbocycles. The van der Waals surface area contributed by atoms with Crippen LogP contribution in [0.1, 0.15) is 57.1 Å². The van der Waals surface area contributed by atoms with Gasteiger partial charge in [-0.05, 0) is 35.4 Å². The second kappa shape index (κ2) is 7.25. The number of nitrogens with one attached hydrogen (secondary N) is 1. The molecule has 1 rings (SSSR count). The summed E-state index contributed by atoms with van der Waals surface area (Å²) in [4.78, 5) is 12.0. The Kier molecular flexibility index (Phi) is 5.96. The fraction of sp³-hybridized carbons (Fsp3) is 0.471. The lowest BCUT2D eigenvalue weighted by Crippen LogP contribution is -2.35. The molecule has 0 aliphatic heterocycles. The molecule has 0 fully saturated rings. The molecule has 1 atom stereocenters. The van der Waals surface area contributed by atoms with Crippen molar-refractivity contribution in [3.05, 3.63) is 42.0 Å². The minimum absolute atomic E-state index is 0.163. The minimum atomic E-state index is -0.544. The molecule has 0 spiro atoms. The summed E-state index contributed by atoms with van der Waals surface area (Å²) in [5.74, 6) is 0.656. The number of anilines is 1. The van der Waals surface area contributed by atoms with Crippen LogP contribution >= 0.6 is 0 Å². The van der Waals surface area contributed by atoms with Gasteiger partial charge in [-0.15, -0.1) is 6.58 Å². The summed E-state index contributed by atoms with van der Waals surface area (Å²) in [5.41, 5.74) is 9.08. The van der Waals surface area contributed by atoms with Crippen LogP contribution in [0, 0.1) is 0 Å². The van der Waals surface area contributed by atoms with Gasteiger partial charge in [-0.25, -0.2) is 0 Å². The molecule has 3 heteroatoms. The predicted molar refractivity (Wildman–Crippen MR) is 86.0 cm³/mol. The molecule has 1 amide bonds. The summed E-state index contributed by atoms with van der Waals surface area (Å²) in [5, 5.41) is 2.93. The Balaban J connectivity index is 3.00. The average Bonchev–Trinajstić information content (AvgIpc) is 2.38. The highest BCUT2D eigenvalue weighted by molar-refractivity contribution is 5.95. The van der Waals surface area contributed by atoms with Gasteiger partial charge < -0.3 is 11.1 Å². The van der Waals surface area contributed by atoms with Crippen LogP contribution in [0.2, 0.25) is 0 Å². The van der Waals surface area contributed by atoms with E-state index < -0.39 is 6.04 Å². The molecule has 0 radical (unpaired) electrons. The van der Waals surface area contributed by atoms with Gasteiger partial charge in [0.05, 0.1) is 6.04 Å². The summed E-state index contributed by atoms with van der Waals surface area (Å²) in [7, 11) is 0. The first-order chi connectivity index (χ1) is 9.36. The number of hydrogen-bond acceptors (Lipinski definition) is 2. The van der Waals surface area contributed by atoms with Gasteiger partial charge in [0.1, 0.15) is 0 Å². The Morgan fingerprint density at radius 3 is 2.45 bits per heavy atom. The minimum Gasteiger partial charge on any atom is -0.324 e. The molecule has 0 heterocycles. The molecule has 3 N–H and O–H groups in total. The maximum Gasteiger partial charge on any atom is 0.241 e. The van der Waals surface area contributed by atoms with Gasteiger partial charge in [-0.3, -0.25) is 4.79 Å². The predicted octanol–water partition coefficient (Wildman–Crippen LogP) is 3.78. The van der Waals surface area contributed by atoms with Gasteiger partial charge in [0.15, 0.2) is 0 Å². The normalized spacial score (nSPS) is 12.6. The van der Waals surface area contributed by atoms with Gasteiger partial charge in [0.2, 0.25) is 5.91 Å². The van der Waals surface area contributed by atoms with Crippen molar-refractivity contribution in [2.24, 2.45) is 5.73 Å². The van der Waals surface area contributed by atoms with Crippen molar-refractivity contribution in [2.45, 2.75) is 52.0 Å². The van der Waals surface area contributed by atoms with E-state index in [1.807, 2.05) is 6.07 Å². The van der Waals surface area contributed by atoms with E-state index in [1.54, 1.807) is 6.08 Å². The largest absolute Gasteiger partial charge is 0.324 e.